The standard InChI is InChI=1S/C15H19N3O4S/c1-18-10-9-14(17-18)16-15(19)4-3-11-22-12-5-7-13(8-6-12)23(2,20)21/h5-10H,3-4,11H2,1-2H3,(H,16,17,19). The van der Waals surface area contributed by atoms with Crippen LogP contribution in [0.4, 0.5) is 5.82 Å². The predicted octanol–water partition coefficient (Wildman–Crippen LogP) is 1.62. The number of rotatable bonds is 7. The van der Waals surface area contributed by atoms with Gasteiger partial charge in [0.1, 0.15) is 5.75 Å². The Balaban J connectivity index is 1.72. The van der Waals surface area contributed by atoms with Gasteiger partial charge < -0.3 is 10.1 Å². The molecule has 0 saturated carbocycles. The van der Waals surface area contributed by atoms with E-state index in [-0.39, 0.29) is 10.8 Å². The van der Waals surface area contributed by atoms with Gasteiger partial charge in [0, 0.05) is 32.0 Å². The first-order valence-corrected chi connectivity index (χ1v) is 8.96. The molecule has 1 amide bonds. The van der Waals surface area contributed by atoms with E-state index in [1.54, 1.807) is 36.1 Å². The summed E-state index contributed by atoms with van der Waals surface area (Å²) in [4.78, 5) is 12.0. The minimum atomic E-state index is -3.20. The van der Waals surface area contributed by atoms with Crippen molar-refractivity contribution in [3.8, 4) is 5.75 Å². The van der Waals surface area contributed by atoms with Crippen molar-refractivity contribution in [3.05, 3.63) is 36.5 Å². The van der Waals surface area contributed by atoms with Crippen LogP contribution in [-0.2, 0) is 21.7 Å². The first-order chi connectivity index (χ1) is 10.8. The minimum Gasteiger partial charge on any atom is -0.494 e. The lowest BCUT2D eigenvalue weighted by Gasteiger charge is -2.07. The molecule has 0 saturated heterocycles. The molecule has 2 aromatic rings. The zero-order chi connectivity index (χ0) is 16.9. The van der Waals surface area contributed by atoms with Gasteiger partial charge in [-0.2, -0.15) is 5.10 Å². The number of aryl methyl sites for hydroxylation is 1. The highest BCUT2D eigenvalue weighted by Crippen LogP contribution is 2.16. The molecule has 1 aromatic carbocycles. The molecule has 8 heteroatoms. The fourth-order valence-corrected chi connectivity index (χ4v) is 2.52. The number of amides is 1. The highest BCUT2D eigenvalue weighted by atomic mass is 32.2. The summed E-state index contributed by atoms with van der Waals surface area (Å²) in [5, 5.41) is 6.75. The fraction of sp³-hybridized carbons (Fsp3) is 0.333. The average molecular weight is 337 g/mol. The SMILES string of the molecule is Cn1ccc(NC(=O)CCCOc2ccc(S(C)(=O)=O)cc2)n1. The van der Waals surface area contributed by atoms with Crippen LogP contribution in [0.15, 0.2) is 41.4 Å². The van der Waals surface area contributed by atoms with Crippen LogP contribution < -0.4 is 10.1 Å². The van der Waals surface area contributed by atoms with Gasteiger partial charge in [-0.1, -0.05) is 0 Å². The van der Waals surface area contributed by atoms with Gasteiger partial charge in [-0.05, 0) is 30.7 Å². The number of nitrogens with one attached hydrogen (secondary N) is 1. The summed E-state index contributed by atoms with van der Waals surface area (Å²) in [5.74, 6) is 0.969. The maximum atomic E-state index is 11.7. The van der Waals surface area contributed by atoms with E-state index < -0.39 is 9.84 Å². The van der Waals surface area contributed by atoms with Crippen molar-refractivity contribution in [3.63, 3.8) is 0 Å². The van der Waals surface area contributed by atoms with Crippen LogP contribution in [0.5, 0.6) is 5.75 Å². The van der Waals surface area contributed by atoms with Crippen molar-refractivity contribution in [2.45, 2.75) is 17.7 Å². The van der Waals surface area contributed by atoms with Gasteiger partial charge in [0.15, 0.2) is 15.7 Å². The van der Waals surface area contributed by atoms with E-state index in [0.717, 1.165) is 6.26 Å². The number of hydrogen-bond donors (Lipinski definition) is 1. The van der Waals surface area contributed by atoms with Crippen molar-refractivity contribution in [2.75, 3.05) is 18.2 Å². The lowest BCUT2D eigenvalue weighted by atomic mass is 10.3. The zero-order valence-electron chi connectivity index (χ0n) is 13.0. The smallest absolute Gasteiger partial charge is 0.225 e. The molecule has 7 nitrogen and oxygen atoms in total. The Morgan fingerprint density at radius 3 is 2.52 bits per heavy atom. The highest BCUT2D eigenvalue weighted by molar-refractivity contribution is 7.90. The molecule has 0 radical (unpaired) electrons. The molecule has 1 aromatic heterocycles. The second-order valence-electron chi connectivity index (χ2n) is 5.12. The Morgan fingerprint density at radius 1 is 1.26 bits per heavy atom. The van der Waals surface area contributed by atoms with Crippen molar-refractivity contribution < 1.29 is 17.9 Å². The Labute approximate surface area is 135 Å². The number of ether oxygens (including phenoxy) is 1. The molecular weight excluding hydrogens is 318 g/mol. The molecule has 1 N–H and O–H groups in total. The van der Waals surface area contributed by atoms with Gasteiger partial charge in [-0.3, -0.25) is 9.48 Å². The van der Waals surface area contributed by atoms with Crippen LogP contribution in [0.25, 0.3) is 0 Å². The summed E-state index contributed by atoms with van der Waals surface area (Å²) >= 11 is 0. The van der Waals surface area contributed by atoms with Gasteiger partial charge in [0.25, 0.3) is 0 Å². The van der Waals surface area contributed by atoms with Crippen molar-refractivity contribution in [2.24, 2.45) is 7.05 Å². The first-order valence-electron chi connectivity index (χ1n) is 7.07. The van der Waals surface area contributed by atoms with Gasteiger partial charge in [0.2, 0.25) is 5.91 Å². The summed E-state index contributed by atoms with van der Waals surface area (Å²) in [6.45, 7) is 0.369. The molecule has 0 bridgehead atoms. The minimum absolute atomic E-state index is 0.125. The number of nitrogens with zero attached hydrogens (tertiary/aromatic N) is 2. The first kappa shape index (κ1) is 17.0. The summed E-state index contributed by atoms with van der Waals surface area (Å²) in [7, 11) is -1.42. The summed E-state index contributed by atoms with van der Waals surface area (Å²) < 4.78 is 29.8. The lowest BCUT2D eigenvalue weighted by molar-refractivity contribution is -0.116. The van der Waals surface area contributed by atoms with E-state index in [2.05, 4.69) is 10.4 Å². The normalized spacial score (nSPS) is 11.2. The monoisotopic (exact) mass is 337 g/mol. The van der Waals surface area contributed by atoms with Gasteiger partial charge in [-0.15, -0.1) is 0 Å². The van der Waals surface area contributed by atoms with Crippen LogP contribution in [0.3, 0.4) is 0 Å². The van der Waals surface area contributed by atoms with Crippen LogP contribution in [0, 0.1) is 0 Å². The third kappa shape index (κ3) is 5.41. The molecule has 0 aliphatic rings. The number of carbonyl (C=O) groups is 1. The predicted molar refractivity (Wildman–Crippen MR) is 86.1 cm³/mol. The number of anilines is 1. The van der Waals surface area contributed by atoms with Gasteiger partial charge >= 0.3 is 0 Å². The molecule has 23 heavy (non-hydrogen) atoms. The molecule has 0 aliphatic carbocycles. The Morgan fingerprint density at radius 2 is 1.96 bits per heavy atom. The molecule has 0 unspecified atom stereocenters. The number of benzene rings is 1. The van der Waals surface area contributed by atoms with Crippen LogP contribution >= 0.6 is 0 Å². The van der Waals surface area contributed by atoms with E-state index in [1.807, 2.05) is 0 Å². The van der Waals surface area contributed by atoms with E-state index in [4.69, 9.17) is 4.74 Å². The van der Waals surface area contributed by atoms with E-state index in [9.17, 15) is 13.2 Å². The third-order valence-electron chi connectivity index (χ3n) is 3.05. The summed E-state index contributed by atoms with van der Waals surface area (Å²) in [5.41, 5.74) is 0. The molecular formula is C15H19N3O4S. The summed E-state index contributed by atoms with van der Waals surface area (Å²) in [6.07, 6.45) is 3.77. The molecule has 0 fully saturated rings. The van der Waals surface area contributed by atoms with E-state index >= 15 is 0 Å². The number of hydrogen-bond acceptors (Lipinski definition) is 5. The van der Waals surface area contributed by atoms with Crippen LogP contribution in [0.1, 0.15) is 12.8 Å². The molecule has 124 valence electrons. The van der Waals surface area contributed by atoms with E-state index in [1.165, 1.54) is 12.1 Å². The Hall–Kier alpha value is -2.35. The Kier molecular flexibility index (Phi) is 5.38. The van der Waals surface area contributed by atoms with Gasteiger partial charge in [-0.25, -0.2) is 8.42 Å². The number of aromatic nitrogens is 2. The highest BCUT2D eigenvalue weighted by Gasteiger charge is 2.07. The molecule has 0 aliphatic heterocycles. The average Bonchev–Trinajstić information content (AvgIpc) is 2.88. The zero-order valence-corrected chi connectivity index (χ0v) is 13.8. The molecule has 0 atom stereocenters. The third-order valence-corrected chi connectivity index (χ3v) is 4.18. The van der Waals surface area contributed by atoms with Crippen molar-refractivity contribution in [1.29, 1.82) is 0 Å². The summed E-state index contributed by atoms with van der Waals surface area (Å²) in [6, 6.07) is 7.92. The fourth-order valence-electron chi connectivity index (χ4n) is 1.89. The Bertz CT molecular complexity index is 766. The quantitative estimate of drug-likeness (QED) is 0.775. The van der Waals surface area contributed by atoms with Crippen molar-refractivity contribution in [1.82, 2.24) is 9.78 Å². The topological polar surface area (TPSA) is 90.3 Å². The number of sulfone groups is 1. The molecule has 2 rings (SSSR count). The maximum absolute atomic E-state index is 11.7. The van der Waals surface area contributed by atoms with Crippen LogP contribution in [0.2, 0.25) is 0 Å². The lowest BCUT2D eigenvalue weighted by Crippen LogP contribution is -2.13. The number of carbonyl (C=O) groups excluding carboxylic acids is 1. The second-order valence-corrected chi connectivity index (χ2v) is 7.13. The second kappa shape index (κ2) is 7.28. The largest absolute Gasteiger partial charge is 0.494 e. The van der Waals surface area contributed by atoms with Crippen molar-refractivity contribution >= 4 is 21.6 Å². The maximum Gasteiger partial charge on any atom is 0.225 e. The molecule has 1 heterocycles. The van der Waals surface area contributed by atoms with E-state index in [0.29, 0.717) is 31.0 Å². The van der Waals surface area contributed by atoms with Crippen LogP contribution in [-0.4, -0.2) is 37.0 Å². The van der Waals surface area contributed by atoms with Gasteiger partial charge in [0.05, 0.1) is 11.5 Å². The molecule has 0 spiro atoms.